The Morgan fingerprint density at radius 2 is 1.83 bits per heavy atom. The molecule has 0 aromatic rings. The second-order valence-corrected chi connectivity index (χ2v) is 6.23. The number of nitrogens with one attached hydrogen (secondary N) is 1. The lowest BCUT2D eigenvalue weighted by Gasteiger charge is -2.25. The first-order chi connectivity index (χ1) is 8.66. The maximum Gasteiger partial charge on any atom is 0.239 e. The third kappa shape index (κ3) is 3.71. The van der Waals surface area contributed by atoms with Gasteiger partial charge in [-0.3, -0.25) is 4.79 Å². The van der Waals surface area contributed by atoms with E-state index in [9.17, 15) is 4.79 Å². The molecule has 1 N–H and O–H groups in total. The standard InChI is InChI=1S/C15H28N2O/c1-12-6-5-7-14(9-8-12)16-13(2)15(18)17-10-3-4-11-17/h12-14,16H,3-11H2,1-2H3. The average molecular weight is 252 g/mol. The maximum atomic E-state index is 12.2. The fraction of sp³-hybridized carbons (Fsp3) is 0.933. The molecule has 1 amide bonds. The number of carbonyl (C=O) groups excluding carboxylic acids is 1. The van der Waals surface area contributed by atoms with E-state index < -0.39 is 0 Å². The molecule has 1 saturated carbocycles. The van der Waals surface area contributed by atoms with Crippen molar-refractivity contribution in [2.24, 2.45) is 5.92 Å². The molecule has 2 fully saturated rings. The van der Waals surface area contributed by atoms with Gasteiger partial charge in [-0.25, -0.2) is 0 Å². The number of likely N-dealkylation sites (tertiary alicyclic amines) is 1. The molecule has 2 rings (SSSR count). The van der Waals surface area contributed by atoms with Crippen molar-refractivity contribution in [1.29, 1.82) is 0 Å². The third-order valence-electron chi connectivity index (χ3n) is 4.53. The van der Waals surface area contributed by atoms with Crippen molar-refractivity contribution >= 4 is 5.91 Å². The van der Waals surface area contributed by atoms with Gasteiger partial charge in [-0.1, -0.05) is 19.8 Å². The normalized spacial score (nSPS) is 31.1. The molecule has 1 aliphatic heterocycles. The summed E-state index contributed by atoms with van der Waals surface area (Å²) in [6, 6.07) is 0.554. The number of nitrogens with zero attached hydrogens (tertiary/aromatic N) is 1. The Kier molecular flexibility index (Phi) is 5.04. The van der Waals surface area contributed by atoms with Gasteiger partial charge in [0.2, 0.25) is 5.91 Å². The van der Waals surface area contributed by atoms with Crippen molar-refractivity contribution in [3.8, 4) is 0 Å². The Bertz CT molecular complexity index is 274. The zero-order chi connectivity index (χ0) is 13.0. The highest BCUT2D eigenvalue weighted by Gasteiger charge is 2.25. The van der Waals surface area contributed by atoms with Crippen LogP contribution in [0.3, 0.4) is 0 Å². The second kappa shape index (κ2) is 6.55. The summed E-state index contributed by atoms with van der Waals surface area (Å²) in [7, 11) is 0. The molecule has 2 aliphatic rings. The van der Waals surface area contributed by atoms with Crippen molar-refractivity contribution in [3.05, 3.63) is 0 Å². The third-order valence-corrected chi connectivity index (χ3v) is 4.53. The molecule has 1 saturated heterocycles. The van der Waals surface area contributed by atoms with Gasteiger partial charge in [0, 0.05) is 19.1 Å². The molecular formula is C15H28N2O. The van der Waals surface area contributed by atoms with Crippen LogP contribution in [-0.4, -0.2) is 36.0 Å². The SMILES string of the molecule is CC1CCCC(NC(C)C(=O)N2CCCC2)CC1. The Labute approximate surface area is 111 Å². The maximum absolute atomic E-state index is 12.2. The van der Waals surface area contributed by atoms with Crippen LogP contribution in [0.25, 0.3) is 0 Å². The van der Waals surface area contributed by atoms with Gasteiger partial charge in [0.05, 0.1) is 6.04 Å². The molecule has 104 valence electrons. The van der Waals surface area contributed by atoms with Crippen LogP contribution in [-0.2, 0) is 4.79 Å². The molecule has 0 aromatic carbocycles. The Hall–Kier alpha value is -0.570. The van der Waals surface area contributed by atoms with Crippen LogP contribution in [0.15, 0.2) is 0 Å². The highest BCUT2D eigenvalue weighted by atomic mass is 16.2. The number of hydrogen-bond acceptors (Lipinski definition) is 2. The molecule has 0 spiro atoms. The number of amides is 1. The molecule has 1 heterocycles. The quantitative estimate of drug-likeness (QED) is 0.783. The van der Waals surface area contributed by atoms with E-state index in [2.05, 4.69) is 12.2 Å². The smallest absolute Gasteiger partial charge is 0.239 e. The summed E-state index contributed by atoms with van der Waals surface area (Å²) >= 11 is 0. The van der Waals surface area contributed by atoms with Crippen molar-refractivity contribution in [2.45, 2.75) is 70.9 Å². The Balaban J connectivity index is 1.78. The predicted molar refractivity (Wildman–Crippen MR) is 74.4 cm³/mol. The molecule has 18 heavy (non-hydrogen) atoms. The van der Waals surface area contributed by atoms with Gasteiger partial charge in [0.1, 0.15) is 0 Å². The highest BCUT2D eigenvalue weighted by molar-refractivity contribution is 5.81. The van der Waals surface area contributed by atoms with Crippen LogP contribution in [0.4, 0.5) is 0 Å². The highest BCUT2D eigenvalue weighted by Crippen LogP contribution is 2.23. The first-order valence-corrected chi connectivity index (χ1v) is 7.71. The van der Waals surface area contributed by atoms with Gasteiger partial charge in [0.15, 0.2) is 0 Å². The van der Waals surface area contributed by atoms with Gasteiger partial charge in [-0.15, -0.1) is 0 Å². The van der Waals surface area contributed by atoms with E-state index >= 15 is 0 Å². The summed E-state index contributed by atoms with van der Waals surface area (Å²) in [5, 5.41) is 3.56. The second-order valence-electron chi connectivity index (χ2n) is 6.23. The van der Waals surface area contributed by atoms with Crippen molar-refractivity contribution in [3.63, 3.8) is 0 Å². The van der Waals surface area contributed by atoms with Gasteiger partial charge in [0.25, 0.3) is 0 Å². The van der Waals surface area contributed by atoms with Gasteiger partial charge in [-0.2, -0.15) is 0 Å². The molecule has 3 atom stereocenters. The molecule has 0 bridgehead atoms. The first-order valence-electron chi connectivity index (χ1n) is 7.71. The lowest BCUT2D eigenvalue weighted by molar-refractivity contribution is -0.132. The first kappa shape index (κ1) is 13.9. The zero-order valence-electron chi connectivity index (χ0n) is 12.0. The summed E-state index contributed by atoms with van der Waals surface area (Å²) in [4.78, 5) is 14.3. The van der Waals surface area contributed by atoms with Crippen molar-refractivity contribution in [1.82, 2.24) is 10.2 Å². The molecule has 0 radical (unpaired) electrons. The minimum atomic E-state index is 0.00139. The van der Waals surface area contributed by atoms with E-state index in [1.165, 1.54) is 44.9 Å². The van der Waals surface area contributed by atoms with Crippen LogP contribution in [0, 0.1) is 5.92 Å². The average Bonchev–Trinajstić information content (AvgIpc) is 2.81. The van der Waals surface area contributed by atoms with E-state index in [1.807, 2.05) is 11.8 Å². The van der Waals surface area contributed by atoms with E-state index in [4.69, 9.17) is 0 Å². The molecule has 0 aromatic heterocycles. The summed E-state index contributed by atoms with van der Waals surface area (Å²) in [5.74, 6) is 1.17. The van der Waals surface area contributed by atoms with Crippen molar-refractivity contribution < 1.29 is 4.79 Å². The topological polar surface area (TPSA) is 32.3 Å². The summed E-state index contributed by atoms with van der Waals surface area (Å²) in [5.41, 5.74) is 0. The molecule has 3 heteroatoms. The largest absolute Gasteiger partial charge is 0.341 e. The lowest BCUT2D eigenvalue weighted by atomic mass is 10.0. The molecular weight excluding hydrogens is 224 g/mol. The van der Waals surface area contributed by atoms with Gasteiger partial charge >= 0.3 is 0 Å². The number of carbonyl (C=O) groups is 1. The van der Waals surface area contributed by atoms with Crippen LogP contribution in [0.5, 0.6) is 0 Å². The summed E-state index contributed by atoms with van der Waals surface area (Å²) in [6.45, 7) is 6.31. The monoisotopic (exact) mass is 252 g/mol. The lowest BCUT2D eigenvalue weighted by Crippen LogP contribution is -2.47. The fourth-order valence-electron chi connectivity index (χ4n) is 3.29. The van der Waals surface area contributed by atoms with Crippen molar-refractivity contribution in [2.75, 3.05) is 13.1 Å². The van der Waals surface area contributed by atoms with E-state index in [1.54, 1.807) is 0 Å². The number of rotatable bonds is 3. The predicted octanol–water partition coefficient (Wildman–Crippen LogP) is 2.56. The Morgan fingerprint density at radius 1 is 1.11 bits per heavy atom. The minimum Gasteiger partial charge on any atom is -0.341 e. The van der Waals surface area contributed by atoms with Gasteiger partial charge in [-0.05, 0) is 44.9 Å². The van der Waals surface area contributed by atoms with Crippen LogP contribution in [0.2, 0.25) is 0 Å². The molecule has 1 aliphatic carbocycles. The van der Waals surface area contributed by atoms with E-state index in [0.717, 1.165) is 19.0 Å². The molecule has 3 unspecified atom stereocenters. The number of hydrogen-bond donors (Lipinski definition) is 1. The van der Waals surface area contributed by atoms with E-state index in [0.29, 0.717) is 11.9 Å². The Morgan fingerprint density at radius 3 is 2.56 bits per heavy atom. The van der Waals surface area contributed by atoms with Gasteiger partial charge < -0.3 is 10.2 Å². The molecule has 3 nitrogen and oxygen atoms in total. The summed E-state index contributed by atoms with van der Waals surface area (Å²) < 4.78 is 0. The minimum absolute atomic E-state index is 0.00139. The zero-order valence-corrected chi connectivity index (χ0v) is 12.0. The summed E-state index contributed by atoms with van der Waals surface area (Å²) in [6.07, 6.45) is 8.80. The van der Waals surface area contributed by atoms with Crippen LogP contribution in [0.1, 0.15) is 58.8 Å². The van der Waals surface area contributed by atoms with Crippen LogP contribution < -0.4 is 5.32 Å². The van der Waals surface area contributed by atoms with E-state index in [-0.39, 0.29) is 6.04 Å². The van der Waals surface area contributed by atoms with Crippen LogP contribution >= 0.6 is 0 Å². The fourth-order valence-corrected chi connectivity index (χ4v) is 3.29.